The Morgan fingerprint density at radius 2 is 0.467 bits per heavy atom. The Hall–Kier alpha value is -6.28. The number of benzene rings is 8. The molecule has 60 heavy (non-hydrogen) atoms. The zero-order valence-electron chi connectivity index (χ0n) is 31.3. The Labute approximate surface area is 365 Å². The molecule has 2 aliphatic heterocycles. The molecule has 0 N–H and O–H groups in total. The van der Waals surface area contributed by atoms with E-state index in [2.05, 4.69) is 24.3 Å². The molecule has 294 valence electrons. The zero-order valence-corrected chi connectivity index (χ0v) is 34.3. The fourth-order valence-corrected chi connectivity index (χ4v) is 8.04. The highest BCUT2D eigenvalue weighted by molar-refractivity contribution is 6.31. The number of halogens is 4. The summed E-state index contributed by atoms with van der Waals surface area (Å²) in [6, 6.07) is 52.7. The van der Waals surface area contributed by atoms with Gasteiger partial charge in [-0.15, -0.1) is 0 Å². The van der Waals surface area contributed by atoms with Crippen molar-refractivity contribution in [2.75, 3.05) is 0 Å². The predicted octanol–water partition coefficient (Wildman–Crippen LogP) is 16.6. The summed E-state index contributed by atoms with van der Waals surface area (Å²) < 4.78 is 38.7. The van der Waals surface area contributed by atoms with Crippen LogP contribution in [0.5, 0.6) is 69.0 Å². The summed E-state index contributed by atoms with van der Waals surface area (Å²) >= 11 is 24.7. The third kappa shape index (κ3) is 7.91. The molecule has 2 aliphatic rings. The Bertz CT molecular complexity index is 2470. The summed E-state index contributed by atoms with van der Waals surface area (Å²) in [4.78, 5) is 0. The van der Waals surface area contributed by atoms with Crippen molar-refractivity contribution in [3.63, 3.8) is 0 Å². The maximum Gasteiger partial charge on any atom is 0.135 e. The van der Waals surface area contributed by atoms with Crippen LogP contribution in [-0.2, 0) is 0 Å². The average Bonchev–Trinajstić information content (AvgIpc) is 3.25. The minimum atomic E-state index is -0.259. The summed E-state index contributed by atoms with van der Waals surface area (Å²) in [5.74, 6) is 7.04. The molecule has 0 saturated heterocycles. The molecule has 0 radical (unpaired) electrons. The Balaban J connectivity index is 1.10. The summed E-state index contributed by atoms with van der Waals surface area (Å²) in [5.41, 5.74) is 3.85. The van der Waals surface area contributed by atoms with Gasteiger partial charge in [0, 0.05) is 78.4 Å². The van der Waals surface area contributed by atoms with Gasteiger partial charge in [0.2, 0.25) is 0 Å². The van der Waals surface area contributed by atoms with Crippen LogP contribution in [0.4, 0.5) is 0 Å². The zero-order chi connectivity index (χ0) is 40.7. The fourth-order valence-electron chi connectivity index (χ4n) is 7.54. The molecule has 10 heteroatoms. The minimum Gasteiger partial charge on any atom is -0.457 e. The summed E-state index contributed by atoms with van der Waals surface area (Å²) in [7, 11) is 0. The minimum absolute atomic E-state index is 0.259. The van der Waals surface area contributed by atoms with Crippen LogP contribution in [0.1, 0.15) is 34.1 Å². The largest absolute Gasteiger partial charge is 0.457 e. The molecule has 0 fully saturated rings. The molecule has 0 atom stereocenters. The van der Waals surface area contributed by atoms with Crippen LogP contribution in [-0.4, -0.2) is 0 Å². The second kappa shape index (κ2) is 16.1. The molecule has 0 bridgehead atoms. The lowest BCUT2D eigenvalue weighted by Crippen LogP contribution is -2.22. The predicted molar refractivity (Wildman–Crippen MR) is 236 cm³/mol. The van der Waals surface area contributed by atoms with E-state index in [0.29, 0.717) is 89.1 Å². The molecule has 0 saturated carbocycles. The standard InChI is InChI=1S/C50H30Cl4O6/c51-29-1-9-33(10-2-29)55-37-17-21-41-45(25-37)59-46-26-38(56-34-11-3-30(52)4-12-34)18-22-42(46)49(41)50-43-23-19-39(57-35-13-5-31(53)6-14-35)27-47(43)60-48-28-40(20-24-44(48)50)58-36-15-7-32(54)8-16-36/h1-28,49-50H. The maximum absolute atomic E-state index is 6.76. The van der Waals surface area contributed by atoms with Crippen molar-refractivity contribution in [2.45, 2.75) is 11.8 Å². The van der Waals surface area contributed by atoms with E-state index in [1.54, 1.807) is 48.5 Å². The number of rotatable bonds is 9. The van der Waals surface area contributed by atoms with Gasteiger partial charge in [-0.2, -0.15) is 0 Å². The molecule has 2 heterocycles. The molecule has 0 aromatic heterocycles. The maximum atomic E-state index is 6.76. The lowest BCUT2D eigenvalue weighted by molar-refractivity contribution is 0.400. The van der Waals surface area contributed by atoms with Crippen molar-refractivity contribution in [1.82, 2.24) is 0 Å². The van der Waals surface area contributed by atoms with Crippen LogP contribution in [0.15, 0.2) is 170 Å². The van der Waals surface area contributed by atoms with Gasteiger partial charge in [0.15, 0.2) is 0 Å². The van der Waals surface area contributed by atoms with Crippen LogP contribution in [0, 0.1) is 0 Å². The van der Waals surface area contributed by atoms with E-state index in [1.165, 1.54) is 0 Å². The van der Waals surface area contributed by atoms with Crippen LogP contribution in [0.3, 0.4) is 0 Å². The molecule has 6 nitrogen and oxygen atoms in total. The summed E-state index contributed by atoms with van der Waals surface area (Å²) in [5, 5.41) is 2.49. The van der Waals surface area contributed by atoms with E-state index in [-0.39, 0.29) is 11.8 Å². The second-order valence-corrected chi connectivity index (χ2v) is 15.9. The lowest BCUT2D eigenvalue weighted by atomic mass is 9.71. The Morgan fingerprint density at radius 3 is 0.683 bits per heavy atom. The van der Waals surface area contributed by atoms with E-state index in [0.717, 1.165) is 22.3 Å². The van der Waals surface area contributed by atoms with Crippen molar-refractivity contribution in [3.8, 4) is 69.0 Å². The molecule has 0 unspecified atom stereocenters. The number of ether oxygens (including phenoxy) is 6. The molecule has 8 aromatic rings. The van der Waals surface area contributed by atoms with E-state index in [1.807, 2.05) is 97.1 Å². The van der Waals surface area contributed by atoms with Crippen LogP contribution >= 0.6 is 46.4 Å². The lowest BCUT2D eigenvalue weighted by Gasteiger charge is -2.38. The smallest absolute Gasteiger partial charge is 0.135 e. The topological polar surface area (TPSA) is 55.4 Å². The van der Waals surface area contributed by atoms with E-state index >= 15 is 0 Å². The highest BCUT2D eigenvalue weighted by atomic mass is 35.5. The molecule has 8 aromatic carbocycles. The molecule has 0 spiro atoms. The molecule has 0 aliphatic carbocycles. The average molecular weight is 869 g/mol. The second-order valence-electron chi connectivity index (χ2n) is 14.2. The van der Waals surface area contributed by atoms with Crippen molar-refractivity contribution < 1.29 is 28.4 Å². The third-order valence-corrected chi connectivity index (χ3v) is 11.3. The van der Waals surface area contributed by atoms with Gasteiger partial charge in [0.1, 0.15) is 69.0 Å². The van der Waals surface area contributed by atoms with Crippen molar-refractivity contribution in [1.29, 1.82) is 0 Å². The highest BCUT2D eigenvalue weighted by Crippen LogP contribution is 2.59. The Morgan fingerprint density at radius 1 is 0.267 bits per heavy atom. The first-order chi connectivity index (χ1) is 29.3. The number of hydrogen-bond acceptors (Lipinski definition) is 6. The van der Waals surface area contributed by atoms with Crippen molar-refractivity contribution >= 4 is 46.4 Å². The van der Waals surface area contributed by atoms with E-state index in [9.17, 15) is 0 Å². The Kier molecular flexibility index (Phi) is 10.2. The van der Waals surface area contributed by atoms with Gasteiger partial charge in [-0.05, 0) is 121 Å². The van der Waals surface area contributed by atoms with Gasteiger partial charge in [0.05, 0.1) is 0 Å². The third-order valence-electron chi connectivity index (χ3n) is 10.3. The quantitative estimate of drug-likeness (QED) is 0.144. The van der Waals surface area contributed by atoms with Gasteiger partial charge in [-0.1, -0.05) is 70.7 Å². The normalized spacial score (nSPS) is 12.8. The first kappa shape index (κ1) is 38.0. The first-order valence-corrected chi connectivity index (χ1v) is 20.4. The monoisotopic (exact) mass is 866 g/mol. The highest BCUT2D eigenvalue weighted by Gasteiger charge is 2.41. The molecule has 0 amide bonds. The van der Waals surface area contributed by atoms with Crippen LogP contribution in [0.2, 0.25) is 20.1 Å². The number of hydrogen-bond donors (Lipinski definition) is 0. The summed E-state index contributed by atoms with van der Waals surface area (Å²) in [6.07, 6.45) is 0. The summed E-state index contributed by atoms with van der Waals surface area (Å²) in [6.45, 7) is 0. The number of fused-ring (bicyclic) bond motifs is 4. The van der Waals surface area contributed by atoms with Gasteiger partial charge < -0.3 is 28.4 Å². The van der Waals surface area contributed by atoms with Crippen LogP contribution in [0.25, 0.3) is 0 Å². The first-order valence-electron chi connectivity index (χ1n) is 18.9. The van der Waals surface area contributed by atoms with Gasteiger partial charge in [-0.3, -0.25) is 0 Å². The van der Waals surface area contributed by atoms with Crippen LogP contribution < -0.4 is 28.4 Å². The van der Waals surface area contributed by atoms with E-state index < -0.39 is 0 Å². The molecular formula is C50H30Cl4O6. The SMILES string of the molecule is Clc1ccc(Oc2ccc3c(c2)Oc2cc(Oc4ccc(Cl)cc4)ccc2C3C2c3ccc(Oc4ccc(Cl)cc4)cc3Oc3cc(Oc4ccc(Cl)cc4)ccc32)cc1. The van der Waals surface area contributed by atoms with Gasteiger partial charge in [-0.25, -0.2) is 0 Å². The van der Waals surface area contributed by atoms with Crippen molar-refractivity contribution in [2.24, 2.45) is 0 Å². The van der Waals surface area contributed by atoms with Gasteiger partial charge in [0.25, 0.3) is 0 Å². The molecular weight excluding hydrogens is 838 g/mol. The fraction of sp³-hybridized carbons (Fsp3) is 0.0400. The molecule has 10 rings (SSSR count). The van der Waals surface area contributed by atoms with Gasteiger partial charge >= 0.3 is 0 Å². The van der Waals surface area contributed by atoms with Crippen molar-refractivity contribution in [3.05, 3.63) is 212 Å². The van der Waals surface area contributed by atoms with E-state index in [4.69, 9.17) is 74.8 Å².